The molecular weight excluding hydrogens is 248 g/mol. The fourth-order valence-corrected chi connectivity index (χ4v) is 2.88. The van der Waals surface area contributed by atoms with E-state index in [1.165, 1.54) is 21.7 Å². The lowest BCUT2D eigenvalue weighted by Gasteiger charge is -2.25. The highest BCUT2D eigenvalue weighted by Gasteiger charge is 2.16. The summed E-state index contributed by atoms with van der Waals surface area (Å²) in [6.07, 6.45) is 14.0. The van der Waals surface area contributed by atoms with Crippen molar-refractivity contribution in [2.75, 3.05) is 13.1 Å². The van der Waals surface area contributed by atoms with Gasteiger partial charge in [-0.3, -0.25) is 4.79 Å². The Morgan fingerprint density at radius 2 is 2.30 bits per heavy atom. The number of allylic oxidation sites excluding steroid dienone is 2. The maximum atomic E-state index is 11.4. The molecule has 1 aromatic rings. The minimum absolute atomic E-state index is 0.158. The molecule has 1 N–H and O–H groups in total. The summed E-state index contributed by atoms with van der Waals surface area (Å²) in [4.78, 5) is 16.6. The second-order valence-corrected chi connectivity index (χ2v) is 5.55. The second-order valence-electron chi connectivity index (χ2n) is 5.55. The van der Waals surface area contributed by atoms with Crippen LogP contribution in [0, 0.1) is 5.92 Å². The number of nitrogens with one attached hydrogen (secondary N) is 1. The highest BCUT2D eigenvalue weighted by atomic mass is 16.2. The first-order chi connectivity index (χ1) is 9.65. The smallest absolute Gasteiger partial charge is 0.219 e. The first-order valence-electron chi connectivity index (χ1n) is 7.18. The summed E-state index contributed by atoms with van der Waals surface area (Å²) < 4.78 is 0. The molecule has 0 aromatic carbocycles. The number of hydrogen-bond donors (Lipinski definition) is 1. The van der Waals surface area contributed by atoms with Crippen molar-refractivity contribution in [2.24, 2.45) is 5.92 Å². The predicted molar refractivity (Wildman–Crippen MR) is 82.1 cm³/mol. The van der Waals surface area contributed by atoms with Gasteiger partial charge >= 0.3 is 0 Å². The van der Waals surface area contributed by atoms with Gasteiger partial charge in [-0.05, 0) is 24.0 Å². The summed E-state index contributed by atoms with van der Waals surface area (Å²) in [7, 11) is 0. The number of carbonyl (C=O) groups is 1. The van der Waals surface area contributed by atoms with Crippen LogP contribution >= 0.6 is 0 Å². The Labute approximate surface area is 119 Å². The van der Waals surface area contributed by atoms with Crippen LogP contribution < -0.4 is 10.6 Å². The summed E-state index contributed by atoms with van der Waals surface area (Å²) in [6.45, 7) is 5.38. The highest BCUT2D eigenvalue weighted by Crippen LogP contribution is 2.19. The van der Waals surface area contributed by atoms with Crippen LogP contribution in [0.1, 0.15) is 25.8 Å². The Morgan fingerprint density at radius 3 is 3.00 bits per heavy atom. The van der Waals surface area contributed by atoms with Gasteiger partial charge in [0.1, 0.15) is 0 Å². The van der Waals surface area contributed by atoms with Gasteiger partial charge in [0, 0.05) is 42.3 Å². The number of nitrogens with zero attached hydrogens (tertiary/aromatic N) is 1. The van der Waals surface area contributed by atoms with Crippen molar-refractivity contribution in [1.29, 1.82) is 0 Å². The van der Waals surface area contributed by atoms with Crippen molar-refractivity contribution < 1.29 is 4.79 Å². The number of amides is 1. The largest absolute Gasteiger partial charge is 0.361 e. The quantitative estimate of drug-likeness (QED) is 0.821. The second kappa shape index (κ2) is 5.16. The summed E-state index contributed by atoms with van der Waals surface area (Å²) in [5.41, 5.74) is 2.63. The van der Waals surface area contributed by atoms with E-state index < -0.39 is 0 Å². The minimum atomic E-state index is 0.158. The molecular formula is C17H20N2O. The Bertz CT molecular complexity index is 706. The highest BCUT2D eigenvalue weighted by molar-refractivity contribution is 5.76. The van der Waals surface area contributed by atoms with Crippen LogP contribution in [0.5, 0.6) is 0 Å². The summed E-state index contributed by atoms with van der Waals surface area (Å²) in [5, 5.41) is 2.47. The van der Waals surface area contributed by atoms with E-state index in [2.05, 4.69) is 48.5 Å². The number of aromatic amines is 1. The van der Waals surface area contributed by atoms with Crippen molar-refractivity contribution in [1.82, 2.24) is 9.88 Å². The molecule has 1 aliphatic carbocycles. The summed E-state index contributed by atoms with van der Waals surface area (Å²) in [6, 6.07) is 0. The normalized spacial score (nSPS) is 21.4. The third kappa shape index (κ3) is 2.36. The van der Waals surface area contributed by atoms with E-state index in [9.17, 15) is 4.79 Å². The van der Waals surface area contributed by atoms with Crippen LogP contribution in [0.4, 0.5) is 0 Å². The molecule has 0 spiro atoms. The maximum Gasteiger partial charge on any atom is 0.219 e. The molecule has 1 amide bonds. The van der Waals surface area contributed by atoms with Gasteiger partial charge < -0.3 is 9.88 Å². The van der Waals surface area contributed by atoms with Gasteiger partial charge in [0.05, 0.1) is 0 Å². The molecule has 0 fully saturated rings. The number of rotatable bonds is 1. The van der Waals surface area contributed by atoms with E-state index in [0.717, 1.165) is 19.5 Å². The molecule has 0 saturated carbocycles. The van der Waals surface area contributed by atoms with E-state index in [-0.39, 0.29) is 5.91 Å². The molecule has 1 aliphatic heterocycles. The third-order valence-electron chi connectivity index (χ3n) is 4.06. The lowest BCUT2D eigenvalue weighted by Crippen LogP contribution is -2.33. The lowest BCUT2D eigenvalue weighted by molar-refractivity contribution is -0.128. The SMILES string of the molecule is CC(=O)N1CC=C(c2c[nH]c3c2=CC(C)C=CC=3)CC1. The molecule has 0 saturated heterocycles. The zero-order chi connectivity index (χ0) is 14.1. The van der Waals surface area contributed by atoms with E-state index in [4.69, 9.17) is 0 Å². The zero-order valence-corrected chi connectivity index (χ0v) is 12.0. The molecule has 3 rings (SSSR count). The first-order valence-corrected chi connectivity index (χ1v) is 7.18. The molecule has 1 unspecified atom stereocenters. The van der Waals surface area contributed by atoms with Crippen LogP contribution in [0.15, 0.2) is 24.4 Å². The van der Waals surface area contributed by atoms with E-state index in [1.807, 2.05) is 4.90 Å². The standard InChI is InChI=1S/C17H20N2O/c1-12-4-3-5-17-15(10-12)16(11-18-17)14-6-8-19(9-7-14)13(2)20/h3-6,10-12,18H,7-9H2,1-2H3. The van der Waals surface area contributed by atoms with E-state index >= 15 is 0 Å². The van der Waals surface area contributed by atoms with Crippen molar-refractivity contribution >= 4 is 23.6 Å². The monoisotopic (exact) mass is 268 g/mol. The van der Waals surface area contributed by atoms with Gasteiger partial charge in [0.25, 0.3) is 0 Å². The van der Waals surface area contributed by atoms with Crippen LogP contribution in [-0.2, 0) is 4.79 Å². The molecule has 1 atom stereocenters. The molecule has 2 heterocycles. The zero-order valence-electron chi connectivity index (χ0n) is 12.0. The van der Waals surface area contributed by atoms with Gasteiger partial charge in [0.2, 0.25) is 5.91 Å². The van der Waals surface area contributed by atoms with Crippen LogP contribution in [0.25, 0.3) is 17.7 Å². The Morgan fingerprint density at radius 1 is 1.45 bits per heavy atom. The van der Waals surface area contributed by atoms with Gasteiger partial charge in [-0.25, -0.2) is 0 Å². The fourth-order valence-electron chi connectivity index (χ4n) is 2.88. The fraction of sp³-hybridized carbons (Fsp3) is 0.353. The Kier molecular flexibility index (Phi) is 3.35. The molecule has 2 aliphatic rings. The number of fused-ring (bicyclic) bond motifs is 1. The summed E-state index contributed by atoms with van der Waals surface area (Å²) in [5.74, 6) is 0.603. The lowest BCUT2D eigenvalue weighted by atomic mass is 9.99. The molecule has 20 heavy (non-hydrogen) atoms. The van der Waals surface area contributed by atoms with Crippen molar-refractivity contribution in [3.05, 3.63) is 40.6 Å². The number of hydrogen-bond acceptors (Lipinski definition) is 1. The van der Waals surface area contributed by atoms with Gasteiger partial charge in [0.15, 0.2) is 0 Å². The van der Waals surface area contributed by atoms with Crippen molar-refractivity contribution in [3.63, 3.8) is 0 Å². The molecule has 0 radical (unpaired) electrons. The maximum absolute atomic E-state index is 11.4. The Hall–Kier alpha value is -2.03. The minimum Gasteiger partial charge on any atom is -0.361 e. The van der Waals surface area contributed by atoms with Gasteiger partial charge in [-0.15, -0.1) is 0 Å². The average molecular weight is 268 g/mol. The molecule has 1 aromatic heterocycles. The molecule has 0 bridgehead atoms. The van der Waals surface area contributed by atoms with E-state index in [1.54, 1.807) is 6.92 Å². The van der Waals surface area contributed by atoms with Crippen molar-refractivity contribution in [3.8, 4) is 0 Å². The van der Waals surface area contributed by atoms with Crippen LogP contribution in [0.3, 0.4) is 0 Å². The Balaban J connectivity index is 1.99. The number of carbonyl (C=O) groups excluding carboxylic acids is 1. The van der Waals surface area contributed by atoms with E-state index in [0.29, 0.717) is 5.92 Å². The molecule has 104 valence electrons. The topological polar surface area (TPSA) is 36.1 Å². The first kappa shape index (κ1) is 13.0. The molecule has 3 heteroatoms. The van der Waals surface area contributed by atoms with Crippen LogP contribution in [-0.4, -0.2) is 28.9 Å². The summed E-state index contributed by atoms with van der Waals surface area (Å²) >= 11 is 0. The van der Waals surface area contributed by atoms with Crippen molar-refractivity contribution in [2.45, 2.75) is 20.3 Å². The average Bonchev–Trinajstić information content (AvgIpc) is 2.72. The number of H-pyrrole nitrogens is 1. The van der Waals surface area contributed by atoms with Crippen LogP contribution in [0.2, 0.25) is 0 Å². The van der Waals surface area contributed by atoms with Gasteiger partial charge in [-0.1, -0.05) is 31.2 Å². The predicted octanol–water partition coefficient (Wildman–Crippen LogP) is 1.42. The third-order valence-corrected chi connectivity index (χ3v) is 4.06. The number of aromatic nitrogens is 1. The van der Waals surface area contributed by atoms with Gasteiger partial charge in [-0.2, -0.15) is 0 Å². The molecule has 3 nitrogen and oxygen atoms in total.